The fraction of sp³-hybridized carbons (Fsp3) is 0.280. The number of nitrogens with one attached hydrogen (secondary N) is 1. The van der Waals surface area contributed by atoms with E-state index in [1.54, 1.807) is 42.6 Å². The molecule has 0 spiro atoms. The first-order valence-corrected chi connectivity index (χ1v) is 11.1. The molecule has 1 saturated heterocycles. The van der Waals surface area contributed by atoms with E-state index < -0.39 is 6.09 Å². The summed E-state index contributed by atoms with van der Waals surface area (Å²) in [4.78, 5) is 37.2. The molecule has 1 aliphatic heterocycles. The molecule has 170 valence electrons. The minimum absolute atomic E-state index is 0.224. The Bertz CT molecular complexity index is 1130. The van der Waals surface area contributed by atoms with Gasteiger partial charge in [-0.25, -0.2) is 9.78 Å². The number of carbonyl (C=O) groups is 2. The number of nitrogens with zero attached hydrogens (tertiary/aromatic N) is 4. The van der Waals surface area contributed by atoms with Crippen molar-refractivity contribution < 1.29 is 14.7 Å². The molecule has 0 aliphatic carbocycles. The lowest BCUT2D eigenvalue weighted by Gasteiger charge is -2.20. The Balaban J connectivity index is 1.46. The molecule has 0 bridgehead atoms. The Morgan fingerprint density at radius 2 is 1.85 bits per heavy atom. The van der Waals surface area contributed by atoms with Gasteiger partial charge < -0.3 is 15.3 Å². The van der Waals surface area contributed by atoms with Crippen molar-refractivity contribution in [1.29, 1.82) is 0 Å². The predicted molar refractivity (Wildman–Crippen MR) is 128 cm³/mol. The van der Waals surface area contributed by atoms with Crippen LogP contribution in [0.3, 0.4) is 0 Å². The molecule has 1 aromatic carbocycles. The average Bonchev–Trinajstić information content (AvgIpc) is 3.35. The Morgan fingerprint density at radius 3 is 2.58 bits per heavy atom. The van der Waals surface area contributed by atoms with Crippen molar-refractivity contribution in [2.45, 2.75) is 26.2 Å². The van der Waals surface area contributed by atoms with Crippen LogP contribution in [0.1, 0.15) is 34.6 Å². The van der Waals surface area contributed by atoms with Gasteiger partial charge in [-0.15, -0.1) is 0 Å². The van der Waals surface area contributed by atoms with Crippen LogP contribution in [0, 0.1) is 6.92 Å². The SMILES string of the molecule is Cc1ccc(C(=O)Nc2ccnc(CCN(C(=O)O)c3ccccc3)c2)c(N2CCCC2)n1. The number of hydrogen-bond acceptors (Lipinski definition) is 5. The molecule has 2 aromatic heterocycles. The van der Waals surface area contributed by atoms with Crippen LogP contribution in [0.15, 0.2) is 60.8 Å². The summed E-state index contributed by atoms with van der Waals surface area (Å²) < 4.78 is 0. The Labute approximate surface area is 192 Å². The quantitative estimate of drug-likeness (QED) is 0.561. The fourth-order valence-corrected chi connectivity index (χ4v) is 3.95. The molecule has 0 saturated carbocycles. The van der Waals surface area contributed by atoms with E-state index >= 15 is 0 Å². The summed E-state index contributed by atoms with van der Waals surface area (Å²) in [5.41, 5.74) is 3.33. The summed E-state index contributed by atoms with van der Waals surface area (Å²) in [7, 11) is 0. The molecule has 33 heavy (non-hydrogen) atoms. The van der Waals surface area contributed by atoms with E-state index in [1.165, 1.54) is 4.90 Å². The zero-order valence-electron chi connectivity index (χ0n) is 18.6. The van der Waals surface area contributed by atoms with Gasteiger partial charge in [0.1, 0.15) is 5.82 Å². The zero-order valence-corrected chi connectivity index (χ0v) is 18.6. The molecule has 3 heterocycles. The first-order valence-electron chi connectivity index (χ1n) is 11.1. The summed E-state index contributed by atoms with van der Waals surface area (Å²) in [6.07, 6.45) is 3.21. The number of pyridine rings is 2. The van der Waals surface area contributed by atoms with Crippen molar-refractivity contribution in [1.82, 2.24) is 9.97 Å². The number of anilines is 3. The molecule has 8 heteroatoms. The maximum atomic E-state index is 13.1. The van der Waals surface area contributed by atoms with Crippen LogP contribution in [-0.2, 0) is 6.42 Å². The lowest BCUT2D eigenvalue weighted by Crippen LogP contribution is -2.31. The number of carboxylic acid groups (broad SMARTS) is 1. The minimum atomic E-state index is -1.02. The number of hydrogen-bond donors (Lipinski definition) is 2. The third kappa shape index (κ3) is 5.46. The summed E-state index contributed by atoms with van der Waals surface area (Å²) in [5, 5.41) is 12.5. The van der Waals surface area contributed by atoms with Gasteiger partial charge in [0, 0.05) is 55.0 Å². The van der Waals surface area contributed by atoms with E-state index in [1.807, 2.05) is 25.1 Å². The number of benzene rings is 1. The van der Waals surface area contributed by atoms with Gasteiger partial charge in [-0.2, -0.15) is 0 Å². The summed E-state index contributed by atoms with van der Waals surface area (Å²) >= 11 is 0. The van der Waals surface area contributed by atoms with E-state index in [2.05, 4.69) is 20.2 Å². The van der Waals surface area contributed by atoms with Crippen molar-refractivity contribution in [3.05, 3.63) is 77.7 Å². The molecule has 8 nitrogen and oxygen atoms in total. The molecule has 1 fully saturated rings. The van der Waals surface area contributed by atoms with Crippen LogP contribution in [0.5, 0.6) is 0 Å². The van der Waals surface area contributed by atoms with Gasteiger partial charge in [-0.1, -0.05) is 18.2 Å². The first-order chi connectivity index (χ1) is 16.0. The Morgan fingerprint density at radius 1 is 1.09 bits per heavy atom. The molecule has 0 radical (unpaired) electrons. The molecular formula is C25H27N5O3. The van der Waals surface area contributed by atoms with Crippen LogP contribution < -0.4 is 15.1 Å². The highest BCUT2D eigenvalue weighted by molar-refractivity contribution is 6.07. The highest BCUT2D eigenvalue weighted by atomic mass is 16.4. The van der Waals surface area contributed by atoms with E-state index in [0.29, 0.717) is 29.1 Å². The van der Waals surface area contributed by atoms with Crippen LogP contribution in [0.2, 0.25) is 0 Å². The summed E-state index contributed by atoms with van der Waals surface area (Å²) in [6.45, 7) is 3.98. The molecule has 4 rings (SSSR count). The number of carbonyl (C=O) groups excluding carboxylic acids is 1. The highest BCUT2D eigenvalue weighted by Crippen LogP contribution is 2.24. The maximum absolute atomic E-state index is 13.1. The van der Waals surface area contributed by atoms with Gasteiger partial charge in [0.25, 0.3) is 5.91 Å². The molecule has 2 N–H and O–H groups in total. The molecule has 0 atom stereocenters. The van der Waals surface area contributed by atoms with Crippen molar-refractivity contribution in [3.63, 3.8) is 0 Å². The van der Waals surface area contributed by atoms with E-state index in [0.717, 1.165) is 37.4 Å². The van der Waals surface area contributed by atoms with Gasteiger partial charge in [0.15, 0.2) is 0 Å². The molecule has 0 unspecified atom stereocenters. The van der Waals surface area contributed by atoms with Crippen LogP contribution >= 0.6 is 0 Å². The van der Waals surface area contributed by atoms with Crippen molar-refractivity contribution >= 4 is 29.2 Å². The van der Waals surface area contributed by atoms with Crippen LogP contribution in [-0.4, -0.2) is 46.7 Å². The second-order valence-electron chi connectivity index (χ2n) is 8.03. The second-order valence-corrected chi connectivity index (χ2v) is 8.03. The van der Waals surface area contributed by atoms with Gasteiger partial charge >= 0.3 is 6.09 Å². The molecule has 2 amide bonds. The lowest BCUT2D eigenvalue weighted by molar-refractivity contribution is 0.102. The van der Waals surface area contributed by atoms with Crippen molar-refractivity contribution in [3.8, 4) is 0 Å². The van der Waals surface area contributed by atoms with Gasteiger partial charge in [0.2, 0.25) is 0 Å². The monoisotopic (exact) mass is 445 g/mol. The summed E-state index contributed by atoms with van der Waals surface area (Å²) in [6, 6.07) is 16.1. The zero-order chi connectivity index (χ0) is 23.2. The largest absolute Gasteiger partial charge is 0.465 e. The summed E-state index contributed by atoms with van der Waals surface area (Å²) in [5.74, 6) is 0.497. The topological polar surface area (TPSA) is 98.7 Å². The van der Waals surface area contributed by atoms with Crippen molar-refractivity contribution in [2.24, 2.45) is 0 Å². The van der Waals surface area contributed by atoms with Gasteiger partial charge in [-0.3, -0.25) is 14.7 Å². The first kappa shape index (κ1) is 22.3. The van der Waals surface area contributed by atoms with E-state index in [-0.39, 0.29) is 12.5 Å². The third-order valence-electron chi connectivity index (χ3n) is 5.63. The number of aryl methyl sites for hydroxylation is 1. The standard InChI is InChI=1S/C25H27N5O3/c1-18-9-10-22(23(27-18)29-14-5-6-15-29)24(31)28-20-11-13-26-19(17-20)12-16-30(25(32)33)21-7-3-2-4-8-21/h2-4,7-11,13,17H,5-6,12,14-16H2,1H3,(H,32,33)(H,26,28,31). The molecular weight excluding hydrogens is 418 g/mol. The lowest BCUT2D eigenvalue weighted by atomic mass is 10.2. The van der Waals surface area contributed by atoms with Crippen LogP contribution in [0.4, 0.5) is 22.0 Å². The predicted octanol–water partition coefficient (Wildman–Crippen LogP) is 4.36. The van der Waals surface area contributed by atoms with E-state index in [9.17, 15) is 14.7 Å². The maximum Gasteiger partial charge on any atom is 0.411 e. The average molecular weight is 446 g/mol. The number of rotatable bonds is 7. The Kier molecular flexibility index (Phi) is 6.83. The molecule has 3 aromatic rings. The fourth-order valence-electron chi connectivity index (χ4n) is 3.95. The van der Waals surface area contributed by atoms with E-state index in [4.69, 9.17) is 0 Å². The number of aromatic nitrogens is 2. The smallest absolute Gasteiger partial charge is 0.411 e. The van der Waals surface area contributed by atoms with Gasteiger partial charge in [0.05, 0.1) is 5.56 Å². The third-order valence-corrected chi connectivity index (χ3v) is 5.63. The second kappa shape index (κ2) is 10.1. The highest BCUT2D eigenvalue weighted by Gasteiger charge is 2.21. The number of amides is 2. The normalized spacial score (nSPS) is 13.1. The van der Waals surface area contributed by atoms with Gasteiger partial charge in [-0.05, 0) is 56.2 Å². The van der Waals surface area contributed by atoms with Crippen molar-refractivity contribution in [2.75, 3.05) is 34.8 Å². The number of para-hydroxylation sites is 1. The minimum Gasteiger partial charge on any atom is -0.465 e. The van der Waals surface area contributed by atoms with Crippen LogP contribution in [0.25, 0.3) is 0 Å². The molecule has 1 aliphatic rings. The Hall–Kier alpha value is -3.94.